The van der Waals surface area contributed by atoms with Crippen molar-refractivity contribution >= 4 is 0 Å². The van der Waals surface area contributed by atoms with Crippen LogP contribution in [0.15, 0.2) is 12.2 Å². The average Bonchev–Trinajstić information content (AvgIpc) is 2.52. The van der Waals surface area contributed by atoms with E-state index in [-0.39, 0.29) is 0 Å². The molecule has 1 fully saturated rings. The van der Waals surface area contributed by atoms with Crippen LogP contribution in [-0.4, -0.2) is 23.9 Å². The molecule has 1 N–H and O–H groups in total. The molecule has 2 aliphatic carbocycles. The van der Waals surface area contributed by atoms with Crippen LogP contribution in [0, 0.1) is 5.92 Å². The van der Waals surface area contributed by atoms with Gasteiger partial charge in [0.25, 0.3) is 0 Å². The van der Waals surface area contributed by atoms with Gasteiger partial charge in [-0.1, -0.05) is 12.2 Å². The standard InChI is InChI=1S/C11H18O2/c1-13-10-7-11(12,8-10)6-9-4-2-3-5-9/h2-3,9-10,12H,4-8H2,1H3. The van der Waals surface area contributed by atoms with Crippen LogP contribution in [0.1, 0.15) is 32.1 Å². The summed E-state index contributed by atoms with van der Waals surface area (Å²) >= 11 is 0. The summed E-state index contributed by atoms with van der Waals surface area (Å²) < 4.78 is 5.17. The molecule has 2 aliphatic rings. The van der Waals surface area contributed by atoms with Gasteiger partial charge in [0.1, 0.15) is 0 Å². The normalized spacial score (nSPS) is 39.4. The van der Waals surface area contributed by atoms with Gasteiger partial charge in [0.05, 0.1) is 11.7 Å². The summed E-state index contributed by atoms with van der Waals surface area (Å²) in [7, 11) is 1.72. The number of hydrogen-bond acceptors (Lipinski definition) is 2. The highest BCUT2D eigenvalue weighted by atomic mass is 16.5. The van der Waals surface area contributed by atoms with Crippen molar-refractivity contribution < 1.29 is 9.84 Å². The van der Waals surface area contributed by atoms with Crippen molar-refractivity contribution in [3.63, 3.8) is 0 Å². The summed E-state index contributed by atoms with van der Waals surface area (Å²) in [6.07, 6.45) is 9.68. The second-order valence-electron chi connectivity index (χ2n) is 4.50. The molecule has 0 heterocycles. The average molecular weight is 182 g/mol. The van der Waals surface area contributed by atoms with Gasteiger partial charge in [-0.3, -0.25) is 0 Å². The smallest absolute Gasteiger partial charge is 0.0700 e. The zero-order valence-corrected chi connectivity index (χ0v) is 8.20. The van der Waals surface area contributed by atoms with Gasteiger partial charge in [-0.15, -0.1) is 0 Å². The third kappa shape index (κ3) is 1.94. The van der Waals surface area contributed by atoms with E-state index in [1.165, 1.54) is 0 Å². The van der Waals surface area contributed by atoms with Crippen LogP contribution >= 0.6 is 0 Å². The molecular weight excluding hydrogens is 164 g/mol. The van der Waals surface area contributed by atoms with Gasteiger partial charge in [0.2, 0.25) is 0 Å². The Morgan fingerprint density at radius 2 is 2.00 bits per heavy atom. The summed E-state index contributed by atoms with van der Waals surface area (Å²) in [5, 5.41) is 10.1. The van der Waals surface area contributed by atoms with Gasteiger partial charge in [-0.2, -0.15) is 0 Å². The molecule has 74 valence electrons. The van der Waals surface area contributed by atoms with E-state index in [2.05, 4.69) is 12.2 Å². The molecule has 0 aromatic carbocycles. The molecule has 0 aromatic heterocycles. The molecule has 2 heteroatoms. The van der Waals surface area contributed by atoms with Crippen LogP contribution in [0.3, 0.4) is 0 Å². The summed E-state index contributed by atoms with van der Waals surface area (Å²) in [5.74, 6) is 0.683. The first kappa shape index (κ1) is 9.22. The minimum atomic E-state index is -0.405. The Bertz CT molecular complexity index is 196. The molecule has 13 heavy (non-hydrogen) atoms. The number of allylic oxidation sites excluding steroid dienone is 2. The van der Waals surface area contributed by atoms with Crippen molar-refractivity contribution in [3.05, 3.63) is 12.2 Å². The van der Waals surface area contributed by atoms with Crippen LogP contribution in [0.4, 0.5) is 0 Å². The topological polar surface area (TPSA) is 29.5 Å². The first-order valence-corrected chi connectivity index (χ1v) is 5.12. The lowest BCUT2D eigenvalue weighted by molar-refractivity contribution is -0.137. The van der Waals surface area contributed by atoms with Crippen LogP contribution in [0.5, 0.6) is 0 Å². The summed E-state index contributed by atoms with van der Waals surface area (Å²) in [4.78, 5) is 0. The lowest BCUT2D eigenvalue weighted by Crippen LogP contribution is -2.48. The van der Waals surface area contributed by atoms with E-state index in [0.717, 1.165) is 32.1 Å². The van der Waals surface area contributed by atoms with Gasteiger partial charge < -0.3 is 9.84 Å². The van der Waals surface area contributed by atoms with E-state index in [0.29, 0.717) is 12.0 Å². The number of methoxy groups -OCH3 is 1. The molecule has 0 atom stereocenters. The third-order valence-electron chi connectivity index (χ3n) is 3.32. The van der Waals surface area contributed by atoms with Crippen LogP contribution in [-0.2, 0) is 4.74 Å². The van der Waals surface area contributed by atoms with Crippen molar-refractivity contribution in [2.24, 2.45) is 5.92 Å². The van der Waals surface area contributed by atoms with E-state index < -0.39 is 5.60 Å². The van der Waals surface area contributed by atoms with E-state index >= 15 is 0 Å². The van der Waals surface area contributed by atoms with Crippen molar-refractivity contribution in [2.45, 2.75) is 43.8 Å². The Balaban J connectivity index is 1.76. The second kappa shape index (κ2) is 3.43. The molecule has 0 aromatic rings. The van der Waals surface area contributed by atoms with Gasteiger partial charge >= 0.3 is 0 Å². The van der Waals surface area contributed by atoms with E-state index in [9.17, 15) is 5.11 Å². The fraction of sp³-hybridized carbons (Fsp3) is 0.818. The predicted octanol–water partition coefficient (Wildman–Crippen LogP) is 1.88. The minimum Gasteiger partial charge on any atom is -0.390 e. The monoisotopic (exact) mass is 182 g/mol. The van der Waals surface area contributed by atoms with Crippen LogP contribution in [0.25, 0.3) is 0 Å². The van der Waals surface area contributed by atoms with Crippen molar-refractivity contribution in [2.75, 3.05) is 7.11 Å². The third-order valence-corrected chi connectivity index (χ3v) is 3.32. The fourth-order valence-electron chi connectivity index (χ4n) is 2.50. The van der Waals surface area contributed by atoms with Crippen LogP contribution in [0.2, 0.25) is 0 Å². The molecule has 1 saturated carbocycles. The number of rotatable bonds is 3. The molecule has 0 unspecified atom stereocenters. The molecule has 0 aliphatic heterocycles. The molecule has 0 radical (unpaired) electrons. The van der Waals surface area contributed by atoms with Gasteiger partial charge in [-0.25, -0.2) is 0 Å². The Hall–Kier alpha value is -0.340. The first-order valence-electron chi connectivity index (χ1n) is 5.12. The SMILES string of the molecule is COC1CC(O)(CC2CC=CC2)C1. The Kier molecular flexibility index (Phi) is 2.43. The van der Waals surface area contributed by atoms with Crippen molar-refractivity contribution in [1.29, 1.82) is 0 Å². The van der Waals surface area contributed by atoms with Gasteiger partial charge in [-0.05, 0) is 25.2 Å². The predicted molar refractivity (Wildman–Crippen MR) is 51.5 cm³/mol. The molecule has 0 amide bonds. The van der Waals surface area contributed by atoms with Gasteiger partial charge in [0.15, 0.2) is 0 Å². The maximum atomic E-state index is 10.1. The number of ether oxygens (including phenoxy) is 1. The van der Waals surface area contributed by atoms with Gasteiger partial charge in [0, 0.05) is 20.0 Å². The maximum Gasteiger partial charge on any atom is 0.0700 e. The Labute approximate surface area is 79.6 Å². The van der Waals surface area contributed by atoms with E-state index in [1.54, 1.807) is 7.11 Å². The molecule has 2 rings (SSSR count). The summed E-state index contributed by atoms with van der Waals surface area (Å²) in [6.45, 7) is 0. The minimum absolute atomic E-state index is 0.305. The molecule has 2 nitrogen and oxygen atoms in total. The lowest BCUT2D eigenvalue weighted by atomic mass is 9.72. The quantitative estimate of drug-likeness (QED) is 0.675. The van der Waals surface area contributed by atoms with Crippen LogP contribution < -0.4 is 0 Å². The lowest BCUT2D eigenvalue weighted by Gasteiger charge is -2.44. The number of aliphatic hydroxyl groups is 1. The Morgan fingerprint density at radius 1 is 1.38 bits per heavy atom. The Morgan fingerprint density at radius 3 is 2.54 bits per heavy atom. The zero-order valence-electron chi connectivity index (χ0n) is 8.20. The fourth-order valence-corrected chi connectivity index (χ4v) is 2.50. The largest absolute Gasteiger partial charge is 0.390 e. The number of hydrogen-bond donors (Lipinski definition) is 1. The van der Waals surface area contributed by atoms with Crippen molar-refractivity contribution in [3.8, 4) is 0 Å². The highest BCUT2D eigenvalue weighted by Crippen LogP contribution is 2.41. The highest BCUT2D eigenvalue weighted by Gasteiger charge is 2.43. The second-order valence-corrected chi connectivity index (χ2v) is 4.50. The molecule has 0 bridgehead atoms. The summed E-state index contributed by atoms with van der Waals surface area (Å²) in [5.41, 5.74) is -0.405. The van der Waals surface area contributed by atoms with Crippen molar-refractivity contribution in [1.82, 2.24) is 0 Å². The molecule has 0 spiro atoms. The molecule has 0 saturated heterocycles. The first-order chi connectivity index (χ1) is 6.22. The van der Waals surface area contributed by atoms with E-state index in [1.807, 2.05) is 0 Å². The molecular formula is C11H18O2. The zero-order chi connectivity index (χ0) is 9.31. The summed E-state index contributed by atoms with van der Waals surface area (Å²) in [6, 6.07) is 0. The highest BCUT2D eigenvalue weighted by molar-refractivity contribution is 5.01. The maximum absolute atomic E-state index is 10.1. The van der Waals surface area contributed by atoms with E-state index in [4.69, 9.17) is 4.74 Å².